The highest BCUT2D eigenvalue weighted by Gasteiger charge is 2.26. The van der Waals surface area contributed by atoms with Gasteiger partial charge in [-0.15, -0.1) is 0 Å². The zero-order valence-corrected chi connectivity index (χ0v) is 16.8. The van der Waals surface area contributed by atoms with Crippen LogP contribution in [0.5, 0.6) is 11.5 Å². The molecular weight excluding hydrogens is 376 g/mol. The molecule has 2 aromatic carbocycles. The van der Waals surface area contributed by atoms with Crippen molar-refractivity contribution in [3.05, 3.63) is 58.7 Å². The van der Waals surface area contributed by atoms with E-state index in [-0.39, 0.29) is 12.0 Å². The minimum Gasteiger partial charge on any atom is -0.494 e. The van der Waals surface area contributed by atoms with Crippen molar-refractivity contribution in [2.24, 2.45) is 0 Å². The summed E-state index contributed by atoms with van der Waals surface area (Å²) in [4.78, 5) is 12.9. The molecule has 1 amide bonds. The summed E-state index contributed by atoms with van der Waals surface area (Å²) in [6, 6.07) is 13.3. The summed E-state index contributed by atoms with van der Waals surface area (Å²) in [5, 5.41) is 4.48. The van der Waals surface area contributed by atoms with Gasteiger partial charge in [-0.1, -0.05) is 30.7 Å². The van der Waals surface area contributed by atoms with Gasteiger partial charge in [0.25, 0.3) is 5.91 Å². The Morgan fingerprint density at radius 1 is 1.25 bits per heavy atom. The van der Waals surface area contributed by atoms with Gasteiger partial charge in [-0.2, -0.15) is 0 Å². The van der Waals surface area contributed by atoms with Crippen LogP contribution in [-0.4, -0.2) is 23.2 Å². The number of ether oxygens (including phenoxy) is 2. The topological polar surface area (TPSA) is 52.5 Å². The molecule has 0 fully saturated rings. The van der Waals surface area contributed by atoms with Crippen LogP contribution in [0.15, 0.2) is 42.5 Å². The number of benzene rings is 2. The molecule has 0 radical (unpaired) electrons. The van der Waals surface area contributed by atoms with Crippen LogP contribution in [-0.2, 0) is 13.1 Å². The minimum absolute atomic E-state index is 0.0435. The van der Waals surface area contributed by atoms with Crippen molar-refractivity contribution in [3.63, 3.8) is 0 Å². The molecule has 4 rings (SSSR count). The van der Waals surface area contributed by atoms with Crippen molar-refractivity contribution >= 4 is 28.4 Å². The number of carbonyl (C=O) groups is 1. The second kappa shape index (κ2) is 7.76. The molecule has 0 bridgehead atoms. The molecule has 1 atom stereocenters. The number of aromatic nitrogens is 1. The van der Waals surface area contributed by atoms with E-state index in [0.29, 0.717) is 30.4 Å². The van der Waals surface area contributed by atoms with Crippen LogP contribution < -0.4 is 14.8 Å². The van der Waals surface area contributed by atoms with Gasteiger partial charge in [0.2, 0.25) is 0 Å². The molecule has 0 saturated heterocycles. The molecule has 6 heteroatoms. The van der Waals surface area contributed by atoms with Crippen LogP contribution >= 0.6 is 11.6 Å². The van der Waals surface area contributed by atoms with Gasteiger partial charge in [0, 0.05) is 11.9 Å². The third-order valence-corrected chi connectivity index (χ3v) is 5.35. The highest BCUT2D eigenvalue weighted by Crippen LogP contribution is 2.38. The van der Waals surface area contributed by atoms with E-state index >= 15 is 0 Å². The molecule has 5 nitrogen and oxygen atoms in total. The maximum Gasteiger partial charge on any atom is 0.268 e. The van der Waals surface area contributed by atoms with Crippen LogP contribution in [0.4, 0.5) is 0 Å². The molecule has 1 aliphatic heterocycles. The fourth-order valence-corrected chi connectivity index (χ4v) is 3.77. The Bertz CT molecular complexity index is 1010. The van der Waals surface area contributed by atoms with E-state index in [1.54, 1.807) is 0 Å². The molecule has 3 aromatic rings. The summed E-state index contributed by atoms with van der Waals surface area (Å²) in [5.74, 6) is 1.49. The number of nitrogens with one attached hydrogen (secondary N) is 1. The molecule has 1 aliphatic rings. The van der Waals surface area contributed by atoms with Crippen molar-refractivity contribution in [3.8, 4) is 11.5 Å². The number of rotatable bonds is 6. The molecule has 1 N–H and O–H groups in total. The first-order valence-electron chi connectivity index (χ1n) is 9.59. The zero-order valence-electron chi connectivity index (χ0n) is 16.0. The van der Waals surface area contributed by atoms with Crippen molar-refractivity contribution in [1.82, 2.24) is 9.88 Å². The van der Waals surface area contributed by atoms with Gasteiger partial charge in [-0.3, -0.25) is 4.79 Å². The Morgan fingerprint density at radius 2 is 2.04 bits per heavy atom. The lowest BCUT2D eigenvalue weighted by molar-refractivity contribution is 0.0935. The Morgan fingerprint density at radius 3 is 2.75 bits per heavy atom. The Kier molecular flexibility index (Phi) is 5.18. The normalized spacial score (nSPS) is 15.3. The lowest BCUT2D eigenvalue weighted by atomic mass is 10.2. The average Bonchev–Trinajstić information content (AvgIpc) is 3.11. The van der Waals surface area contributed by atoms with E-state index < -0.39 is 0 Å². The van der Waals surface area contributed by atoms with Crippen LogP contribution in [0.2, 0.25) is 5.02 Å². The van der Waals surface area contributed by atoms with Gasteiger partial charge in [0.05, 0.1) is 23.7 Å². The van der Waals surface area contributed by atoms with Crippen molar-refractivity contribution < 1.29 is 14.3 Å². The summed E-state index contributed by atoms with van der Waals surface area (Å²) in [7, 11) is 0. The average molecular weight is 399 g/mol. The highest BCUT2D eigenvalue weighted by molar-refractivity contribution is 6.36. The van der Waals surface area contributed by atoms with E-state index in [2.05, 4.69) is 12.2 Å². The van der Waals surface area contributed by atoms with E-state index in [1.807, 2.05) is 54.0 Å². The van der Waals surface area contributed by atoms with Crippen LogP contribution in [0.3, 0.4) is 0 Å². The zero-order chi connectivity index (χ0) is 19.7. The van der Waals surface area contributed by atoms with Crippen molar-refractivity contribution in [1.29, 1.82) is 0 Å². The SMILES string of the molecule is CCOc1ccc(CNC(=O)c2cc3c(Cl)ccc4c3n2C[C@H](CC)O4)cc1. The van der Waals surface area contributed by atoms with Gasteiger partial charge >= 0.3 is 0 Å². The molecule has 0 saturated carbocycles. The second-order valence-corrected chi connectivity index (χ2v) is 7.26. The minimum atomic E-state index is -0.121. The van der Waals surface area contributed by atoms with Gasteiger partial charge in [-0.25, -0.2) is 0 Å². The number of hydrogen-bond donors (Lipinski definition) is 1. The summed E-state index contributed by atoms with van der Waals surface area (Å²) >= 11 is 6.37. The Hall–Kier alpha value is -2.66. The third kappa shape index (κ3) is 3.42. The summed E-state index contributed by atoms with van der Waals surface area (Å²) in [5.41, 5.74) is 2.51. The number of nitrogens with zero attached hydrogens (tertiary/aromatic N) is 1. The monoisotopic (exact) mass is 398 g/mol. The lowest BCUT2D eigenvalue weighted by Gasteiger charge is -2.26. The lowest BCUT2D eigenvalue weighted by Crippen LogP contribution is -2.31. The first-order valence-corrected chi connectivity index (χ1v) is 9.96. The molecule has 146 valence electrons. The predicted octanol–water partition coefficient (Wildman–Crippen LogP) is 4.79. The summed E-state index contributed by atoms with van der Waals surface area (Å²) in [6.45, 7) is 5.75. The maximum absolute atomic E-state index is 12.9. The van der Waals surface area contributed by atoms with E-state index in [4.69, 9.17) is 21.1 Å². The Balaban J connectivity index is 1.58. The second-order valence-electron chi connectivity index (χ2n) is 6.86. The third-order valence-electron chi connectivity index (χ3n) is 5.02. The highest BCUT2D eigenvalue weighted by atomic mass is 35.5. The molecule has 28 heavy (non-hydrogen) atoms. The fraction of sp³-hybridized carbons (Fsp3) is 0.318. The van der Waals surface area contributed by atoms with Gasteiger partial charge < -0.3 is 19.4 Å². The molecule has 1 aromatic heterocycles. The number of halogens is 1. The molecule has 0 aliphatic carbocycles. The predicted molar refractivity (Wildman–Crippen MR) is 110 cm³/mol. The van der Waals surface area contributed by atoms with E-state index in [9.17, 15) is 4.79 Å². The number of amides is 1. The standard InChI is InChI=1S/C22H23ClN2O3/c1-3-15-13-25-19(11-17-18(23)9-10-20(28-15)21(17)25)22(26)24-12-14-5-7-16(8-6-14)27-4-2/h5-11,15H,3-4,12-13H2,1-2H3,(H,24,26)/t15-/m0/s1. The maximum atomic E-state index is 12.9. The fourth-order valence-electron chi connectivity index (χ4n) is 3.56. The Labute approximate surface area is 169 Å². The molecule has 0 spiro atoms. The smallest absolute Gasteiger partial charge is 0.268 e. The summed E-state index contributed by atoms with van der Waals surface area (Å²) < 4.78 is 13.5. The van der Waals surface area contributed by atoms with Gasteiger partial charge in [-0.05, 0) is 49.2 Å². The van der Waals surface area contributed by atoms with Crippen LogP contribution in [0.25, 0.3) is 10.9 Å². The molecule has 0 unspecified atom stereocenters. The van der Waals surface area contributed by atoms with Crippen LogP contribution in [0.1, 0.15) is 36.3 Å². The molecule has 2 heterocycles. The number of hydrogen-bond acceptors (Lipinski definition) is 3. The first-order chi connectivity index (χ1) is 13.6. The number of carbonyl (C=O) groups excluding carboxylic acids is 1. The van der Waals surface area contributed by atoms with Crippen molar-refractivity contribution in [2.45, 2.75) is 39.5 Å². The van der Waals surface area contributed by atoms with E-state index in [1.165, 1.54) is 0 Å². The largest absolute Gasteiger partial charge is 0.494 e. The quantitative estimate of drug-likeness (QED) is 0.649. The van der Waals surface area contributed by atoms with Gasteiger partial charge in [0.15, 0.2) is 0 Å². The summed E-state index contributed by atoms with van der Waals surface area (Å²) in [6.07, 6.45) is 0.913. The van der Waals surface area contributed by atoms with E-state index in [0.717, 1.165) is 34.4 Å². The van der Waals surface area contributed by atoms with Crippen molar-refractivity contribution in [2.75, 3.05) is 6.61 Å². The van der Waals surface area contributed by atoms with Gasteiger partial charge in [0.1, 0.15) is 23.3 Å². The molecular formula is C22H23ClN2O3. The first kappa shape index (κ1) is 18.7. The van der Waals surface area contributed by atoms with Crippen LogP contribution in [0, 0.1) is 0 Å².